The fourth-order valence-electron chi connectivity index (χ4n) is 2.48. The van der Waals surface area contributed by atoms with E-state index < -0.39 is 5.41 Å². The van der Waals surface area contributed by atoms with Gasteiger partial charge < -0.3 is 11.1 Å². The summed E-state index contributed by atoms with van der Waals surface area (Å²) in [5.41, 5.74) is 5.18. The summed E-state index contributed by atoms with van der Waals surface area (Å²) in [5, 5.41) is 2.98. The molecule has 1 aromatic rings. The Kier molecular flexibility index (Phi) is 4.02. The molecule has 1 aliphatic rings. The second-order valence-corrected chi connectivity index (χ2v) is 6.66. The molecular weight excluding hydrogens is 264 g/mol. The Bertz CT molecular complexity index is 461. The molecule has 98 valence electrons. The highest BCUT2D eigenvalue weighted by Crippen LogP contribution is 2.38. The third-order valence-electron chi connectivity index (χ3n) is 3.58. The molecule has 0 saturated heterocycles. The number of thiophene rings is 1. The summed E-state index contributed by atoms with van der Waals surface area (Å²) in [6.45, 7) is 2.63. The van der Waals surface area contributed by atoms with E-state index in [4.69, 9.17) is 18.0 Å². The summed E-state index contributed by atoms with van der Waals surface area (Å²) >= 11 is 6.80. The maximum absolute atomic E-state index is 12.3. The second-order valence-electron chi connectivity index (χ2n) is 4.85. The molecule has 1 amide bonds. The van der Waals surface area contributed by atoms with E-state index in [1.54, 1.807) is 11.3 Å². The molecule has 1 aromatic heterocycles. The molecule has 5 heteroatoms. The van der Waals surface area contributed by atoms with Crippen LogP contribution in [0.25, 0.3) is 0 Å². The van der Waals surface area contributed by atoms with E-state index in [9.17, 15) is 4.79 Å². The second kappa shape index (κ2) is 5.36. The topological polar surface area (TPSA) is 55.1 Å². The van der Waals surface area contributed by atoms with E-state index in [-0.39, 0.29) is 5.91 Å². The van der Waals surface area contributed by atoms with Gasteiger partial charge in [-0.1, -0.05) is 25.1 Å². The van der Waals surface area contributed by atoms with E-state index in [1.807, 2.05) is 6.07 Å². The first-order valence-corrected chi connectivity index (χ1v) is 7.40. The zero-order chi connectivity index (χ0) is 13.2. The maximum atomic E-state index is 12.3. The molecule has 3 N–H and O–H groups in total. The lowest BCUT2D eigenvalue weighted by Gasteiger charge is -2.26. The smallest absolute Gasteiger partial charge is 0.233 e. The van der Waals surface area contributed by atoms with Gasteiger partial charge in [-0.2, -0.15) is 0 Å². The molecule has 0 aliphatic heterocycles. The van der Waals surface area contributed by atoms with Crippen molar-refractivity contribution in [3.63, 3.8) is 0 Å². The van der Waals surface area contributed by atoms with Gasteiger partial charge in [-0.25, -0.2) is 0 Å². The van der Waals surface area contributed by atoms with Crippen molar-refractivity contribution in [2.45, 2.75) is 39.2 Å². The quantitative estimate of drug-likeness (QED) is 0.834. The fraction of sp³-hybridized carbons (Fsp3) is 0.538. The Morgan fingerprint density at radius 1 is 1.50 bits per heavy atom. The third-order valence-corrected chi connectivity index (χ3v) is 4.97. The average Bonchev–Trinajstić information content (AvgIpc) is 2.95. The van der Waals surface area contributed by atoms with Crippen LogP contribution in [-0.2, 0) is 11.3 Å². The fourth-order valence-corrected chi connectivity index (χ4v) is 3.61. The maximum Gasteiger partial charge on any atom is 0.233 e. The molecule has 1 heterocycles. The zero-order valence-electron chi connectivity index (χ0n) is 10.5. The van der Waals surface area contributed by atoms with Gasteiger partial charge in [0.2, 0.25) is 5.91 Å². The minimum Gasteiger partial charge on any atom is -0.392 e. The summed E-state index contributed by atoms with van der Waals surface area (Å²) in [4.78, 5) is 15.1. The summed E-state index contributed by atoms with van der Waals surface area (Å²) in [6.07, 6.45) is 3.64. The number of aryl methyl sites for hydroxylation is 1. The number of nitrogens with one attached hydrogen (secondary N) is 1. The highest BCUT2D eigenvalue weighted by atomic mass is 32.1. The predicted molar refractivity (Wildman–Crippen MR) is 78.6 cm³/mol. The SMILES string of the molecule is Cc1ccc(CNC(=O)C2(C(N)=S)CCCC2)s1. The molecule has 0 spiro atoms. The van der Waals surface area contributed by atoms with Crippen LogP contribution in [0.2, 0.25) is 0 Å². The number of hydrogen-bond donors (Lipinski definition) is 2. The molecule has 1 saturated carbocycles. The van der Waals surface area contributed by atoms with Crippen molar-refractivity contribution < 1.29 is 4.79 Å². The zero-order valence-corrected chi connectivity index (χ0v) is 12.1. The van der Waals surface area contributed by atoms with Crippen LogP contribution in [0.15, 0.2) is 12.1 Å². The van der Waals surface area contributed by atoms with Crippen LogP contribution in [0.3, 0.4) is 0 Å². The van der Waals surface area contributed by atoms with Crippen LogP contribution in [0.5, 0.6) is 0 Å². The van der Waals surface area contributed by atoms with E-state index in [0.717, 1.165) is 30.6 Å². The number of thiocarbonyl (C=S) groups is 1. The number of nitrogens with two attached hydrogens (primary N) is 1. The Hall–Kier alpha value is -0.940. The number of carbonyl (C=O) groups is 1. The lowest BCUT2D eigenvalue weighted by molar-refractivity contribution is -0.127. The van der Waals surface area contributed by atoms with Gasteiger partial charge in [0.25, 0.3) is 0 Å². The van der Waals surface area contributed by atoms with Crippen LogP contribution in [0, 0.1) is 12.3 Å². The predicted octanol–water partition coefficient (Wildman–Crippen LogP) is 2.52. The summed E-state index contributed by atoms with van der Waals surface area (Å²) in [7, 11) is 0. The Morgan fingerprint density at radius 2 is 2.17 bits per heavy atom. The van der Waals surface area contributed by atoms with Crippen molar-refractivity contribution in [1.29, 1.82) is 0 Å². The van der Waals surface area contributed by atoms with Crippen molar-refractivity contribution >= 4 is 34.5 Å². The largest absolute Gasteiger partial charge is 0.392 e. The van der Waals surface area contributed by atoms with Crippen LogP contribution >= 0.6 is 23.6 Å². The van der Waals surface area contributed by atoms with Crippen molar-refractivity contribution in [2.75, 3.05) is 0 Å². The Morgan fingerprint density at radius 3 is 2.67 bits per heavy atom. The number of amides is 1. The van der Waals surface area contributed by atoms with E-state index >= 15 is 0 Å². The van der Waals surface area contributed by atoms with E-state index in [2.05, 4.69) is 18.3 Å². The molecule has 0 radical (unpaired) electrons. The lowest BCUT2D eigenvalue weighted by atomic mass is 9.85. The van der Waals surface area contributed by atoms with E-state index in [0.29, 0.717) is 11.5 Å². The summed E-state index contributed by atoms with van der Waals surface area (Å²) < 4.78 is 0. The van der Waals surface area contributed by atoms with Gasteiger partial charge in [-0.15, -0.1) is 11.3 Å². The Labute approximate surface area is 117 Å². The van der Waals surface area contributed by atoms with E-state index in [1.165, 1.54) is 4.88 Å². The minimum atomic E-state index is -0.596. The van der Waals surface area contributed by atoms with Crippen molar-refractivity contribution in [3.05, 3.63) is 21.9 Å². The average molecular weight is 282 g/mol. The Balaban J connectivity index is 2.00. The highest BCUT2D eigenvalue weighted by Gasteiger charge is 2.43. The number of hydrogen-bond acceptors (Lipinski definition) is 3. The van der Waals surface area contributed by atoms with Gasteiger partial charge in [-0.05, 0) is 31.9 Å². The van der Waals surface area contributed by atoms with Gasteiger partial charge in [0.15, 0.2) is 0 Å². The molecular formula is C13H18N2OS2. The van der Waals surface area contributed by atoms with Gasteiger partial charge in [0.05, 0.1) is 16.9 Å². The first kappa shape index (κ1) is 13.5. The van der Waals surface area contributed by atoms with Crippen LogP contribution in [0.4, 0.5) is 0 Å². The number of rotatable bonds is 4. The first-order chi connectivity index (χ1) is 8.54. The molecule has 1 fully saturated rings. The monoisotopic (exact) mass is 282 g/mol. The molecule has 0 unspecified atom stereocenters. The highest BCUT2D eigenvalue weighted by molar-refractivity contribution is 7.80. The molecule has 18 heavy (non-hydrogen) atoms. The van der Waals surface area contributed by atoms with Gasteiger partial charge in [0, 0.05) is 9.75 Å². The number of carbonyl (C=O) groups excluding carboxylic acids is 1. The van der Waals surface area contributed by atoms with Crippen molar-refractivity contribution in [2.24, 2.45) is 11.1 Å². The molecule has 3 nitrogen and oxygen atoms in total. The van der Waals surface area contributed by atoms with Crippen LogP contribution in [0.1, 0.15) is 35.4 Å². The lowest BCUT2D eigenvalue weighted by Crippen LogP contribution is -2.46. The third kappa shape index (κ3) is 2.57. The normalized spacial score (nSPS) is 17.6. The van der Waals surface area contributed by atoms with Gasteiger partial charge in [0.1, 0.15) is 0 Å². The van der Waals surface area contributed by atoms with Gasteiger partial charge in [-0.3, -0.25) is 4.79 Å². The summed E-state index contributed by atoms with van der Waals surface area (Å²) in [6, 6.07) is 4.10. The first-order valence-electron chi connectivity index (χ1n) is 6.18. The minimum absolute atomic E-state index is 0.00134. The molecule has 2 rings (SSSR count). The summed E-state index contributed by atoms with van der Waals surface area (Å²) in [5.74, 6) is -0.00134. The molecule has 1 aliphatic carbocycles. The molecule has 0 aromatic carbocycles. The van der Waals surface area contributed by atoms with Crippen molar-refractivity contribution in [1.82, 2.24) is 5.32 Å². The van der Waals surface area contributed by atoms with Crippen molar-refractivity contribution in [3.8, 4) is 0 Å². The standard InChI is InChI=1S/C13H18N2OS2/c1-9-4-5-10(18-9)8-15-12(16)13(11(14)17)6-2-3-7-13/h4-5H,2-3,6-8H2,1H3,(H2,14,17)(H,15,16). The molecule has 0 bridgehead atoms. The van der Waals surface area contributed by atoms with Gasteiger partial charge >= 0.3 is 0 Å². The molecule has 0 atom stereocenters. The van der Waals surface area contributed by atoms with Crippen LogP contribution < -0.4 is 11.1 Å². The van der Waals surface area contributed by atoms with Crippen LogP contribution in [-0.4, -0.2) is 10.9 Å².